The van der Waals surface area contributed by atoms with Crippen molar-refractivity contribution in [3.05, 3.63) is 23.8 Å². The fraction of sp³-hybridized carbons (Fsp3) is 0.696. The largest absolute Gasteiger partial charge is 0.504 e. The Balaban J connectivity index is 1.60. The van der Waals surface area contributed by atoms with Crippen LogP contribution in [-0.4, -0.2) is 46.7 Å². The third kappa shape index (κ3) is 3.61. The third-order valence-corrected chi connectivity index (χ3v) is 7.20. The minimum atomic E-state index is -0.920. The number of benzene rings is 1. The Morgan fingerprint density at radius 2 is 1.93 bits per heavy atom. The number of rotatable bonds is 4. The molecule has 7 atom stereocenters. The van der Waals surface area contributed by atoms with E-state index in [2.05, 4.69) is 20.8 Å². The molecule has 0 unspecified atom stereocenters. The lowest BCUT2D eigenvalue weighted by Crippen LogP contribution is -2.38. The zero-order valence-corrected chi connectivity index (χ0v) is 17.8. The molecule has 0 aromatic heterocycles. The lowest BCUT2D eigenvalue weighted by molar-refractivity contribution is -0.0394. The number of fused-ring (bicyclic) bond motifs is 3. The van der Waals surface area contributed by atoms with E-state index in [0.717, 1.165) is 6.42 Å². The van der Waals surface area contributed by atoms with Crippen LogP contribution in [0.3, 0.4) is 0 Å². The van der Waals surface area contributed by atoms with E-state index in [1.54, 1.807) is 12.1 Å². The van der Waals surface area contributed by atoms with Crippen LogP contribution in [0.1, 0.15) is 57.3 Å². The van der Waals surface area contributed by atoms with Gasteiger partial charge in [-0.3, -0.25) is 0 Å². The zero-order chi connectivity index (χ0) is 21.1. The average molecular weight is 405 g/mol. The summed E-state index contributed by atoms with van der Waals surface area (Å²) in [6.45, 7) is 8.31. The maximum atomic E-state index is 12.9. The van der Waals surface area contributed by atoms with Crippen molar-refractivity contribution in [2.75, 3.05) is 7.11 Å². The SMILES string of the molecule is COc1ccc(C(=O)O[C@@H]2C[C@](C)(O)C[C@H]3[C@@H](C[C@@]4(C)O[C@@H]34)[C@@H]2C(C)C)cc1O. The highest BCUT2D eigenvalue weighted by molar-refractivity contribution is 5.90. The van der Waals surface area contributed by atoms with Crippen LogP contribution in [0, 0.1) is 23.7 Å². The fourth-order valence-corrected chi connectivity index (χ4v) is 5.99. The van der Waals surface area contributed by atoms with Crippen LogP contribution in [0.25, 0.3) is 0 Å². The van der Waals surface area contributed by atoms with Gasteiger partial charge < -0.3 is 24.4 Å². The van der Waals surface area contributed by atoms with E-state index < -0.39 is 17.7 Å². The summed E-state index contributed by atoms with van der Waals surface area (Å²) in [5.74, 6) is 0.818. The topological polar surface area (TPSA) is 88.5 Å². The number of esters is 1. The fourth-order valence-electron chi connectivity index (χ4n) is 5.99. The molecule has 0 amide bonds. The van der Waals surface area contributed by atoms with Crippen molar-refractivity contribution >= 4 is 5.97 Å². The van der Waals surface area contributed by atoms with Gasteiger partial charge in [0.05, 0.1) is 30.0 Å². The molecular weight excluding hydrogens is 372 g/mol. The number of phenols is 1. The second kappa shape index (κ2) is 6.88. The predicted molar refractivity (Wildman–Crippen MR) is 107 cm³/mol. The van der Waals surface area contributed by atoms with E-state index in [-0.39, 0.29) is 34.9 Å². The van der Waals surface area contributed by atoms with Gasteiger partial charge in [0.25, 0.3) is 0 Å². The first-order valence-corrected chi connectivity index (χ1v) is 10.5. The van der Waals surface area contributed by atoms with E-state index in [4.69, 9.17) is 14.2 Å². The summed E-state index contributed by atoms with van der Waals surface area (Å²) >= 11 is 0. The van der Waals surface area contributed by atoms with Gasteiger partial charge in [-0.2, -0.15) is 0 Å². The van der Waals surface area contributed by atoms with Gasteiger partial charge in [-0.15, -0.1) is 0 Å². The minimum Gasteiger partial charge on any atom is -0.504 e. The maximum Gasteiger partial charge on any atom is 0.338 e. The number of carbonyl (C=O) groups excluding carboxylic acids is 1. The average Bonchev–Trinajstić information content (AvgIpc) is 3.23. The van der Waals surface area contributed by atoms with Gasteiger partial charge in [0, 0.05) is 12.3 Å². The number of aromatic hydroxyl groups is 1. The highest BCUT2D eigenvalue weighted by Crippen LogP contribution is 2.62. The first-order chi connectivity index (χ1) is 13.5. The van der Waals surface area contributed by atoms with Crippen LogP contribution in [0.4, 0.5) is 0 Å². The van der Waals surface area contributed by atoms with Gasteiger partial charge in [-0.05, 0) is 62.6 Å². The lowest BCUT2D eigenvalue weighted by atomic mass is 9.74. The normalized spacial score (nSPS) is 40.7. The van der Waals surface area contributed by atoms with Crippen molar-refractivity contribution in [2.24, 2.45) is 23.7 Å². The minimum absolute atomic E-state index is 0.0910. The summed E-state index contributed by atoms with van der Waals surface area (Å²) in [7, 11) is 1.46. The Morgan fingerprint density at radius 3 is 2.55 bits per heavy atom. The Hall–Kier alpha value is -1.79. The van der Waals surface area contributed by atoms with Crippen molar-refractivity contribution in [2.45, 2.75) is 70.4 Å². The molecule has 3 fully saturated rings. The zero-order valence-electron chi connectivity index (χ0n) is 17.8. The second-order valence-electron chi connectivity index (χ2n) is 9.94. The van der Waals surface area contributed by atoms with Gasteiger partial charge >= 0.3 is 5.97 Å². The number of hydrogen-bond donors (Lipinski definition) is 2. The quantitative estimate of drug-likeness (QED) is 0.589. The van der Waals surface area contributed by atoms with Crippen molar-refractivity contribution in [1.29, 1.82) is 0 Å². The van der Waals surface area contributed by atoms with Gasteiger partial charge in [0.15, 0.2) is 11.5 Å². The monoisotopic (exact) mass is 404 g/mol. The predicted octanol–water partition coefficient (Wildman–Crippen LogP) is 3.54. The molecule has 2 aliphatic carbocycles. The summed E-state index contributed by atoms with van der Waals surface area (Å²) in [6.07, 6.45) is 1.82. The molecule has 29 heavy (non-hydrogen) atoms. The van der Waals surface area contributed by atoms with Crippen molar-refractivity contribution in [3.63, 3.8) is 0 Å². The Bertz CT molecular complexity index is 803. The molecule has 2 N–H and O–H groups in total. The first-order valence-electron chi connectivity index (χ1n) is 10.5. The molecule has 3 aliphatic rings. The third-order valence-electron chi connectivity index (χ3n) is 7.20. The second-order valence-corrected chi connectivity index (χ2v) is 9.94. The number of methoxy groups -OCH3 is 1. The molecule has 1 aliphatic heterocycles. The van der Waals surface area contributed by atoms with Gasteiger partial charge in [0.2, 0.25) is 0 Å². The van der Waals surface area contributed by atoms with Gasteiger partial charge in [-0.1, -0.05) is 13.8 Å². The van der Waals surface area contributed by atoms with Crippen LogP contribution in [0.2, 0.25) is 0 Å². The molecular formula is C23H32O6. The van der Waals surface area contributed by atoms with Crippen LogP contribution in [0.15, 0.2) is 18.2 Å². The summed E-state index contributed by atoms with van der Waals surface area (Å²) < 4.78 is 17.0. The molecule has 1 aromatic rings. The molecule has 6 nitrogen and oxygen atoms in total. The number of hydrogen-bond acceptors (Lipinski definition) is 6. The van der Waals surface area contributed by atoms with Crippen molar-refractivity contribution in [1.82, 2.24) is 0 Å². The molecule has 0 spiro atoms. The summed E-state index contributed by atoms with van der Waals surface area (Å²) in [5.41, 5.74) is -0.737. The Morgan fingerprint density at radius 1 is 1.21 bits per heavy atom. The summed E-state index contributed by atoms with van der Waals surface area (Å²) in [4.78, 5) is 12.9. The smallest absolute Gasteiger partial charge is 0.338 e. The van der Waals surface area contributed by atoms with Crippen LogP contribution < -0.4 is 4.74 Å². The summed E-state index contributed by atoms with van der Waals surface area (Å²) in [5, 5.41) is 21.1. The molecule has 0 radical (unpaired) electrons. The van der Waals surface area contributed by atoms with E-state index in [1.165, 1.54) is 13.2 Å². The van der Waals surface area contributed by atoms with Gasteiger partial charge in [0.1, 0.15) is 6.10 Å². The Kier molecular flexibility index (Phi) is 4.86. The highest BCUT2D eigenvalue weighted by atomic mass is 16.6. The van der Waals surface area contributed by atoms with E-state index in [1.807, 2.05) is 6.92 Å². The van der Waals surface area contributed by atoms with E-state index >= 15 is 0 Å². The van der Waals surface area contributed by atoms with Crippen molar-refractivity contribution < 1.29 is 29.2 Å². The molecule has 0 bridgehead atoms. The number of phenolic OH excluding ortho intramolecular Hbond substituents is 1. The maximum absolute atomic E-state index is 12.9. The highest BCUT2D eigenvalue weighted by Gasteiger charge is 2.68. The lowest BCUT2D eigenvalue weighted by Gasteiger charge is -2.36. The molecule has 1 aromatic carbocycles. The van der Waals surface area contributed by atoms with E-state index in [9.17, 15) is 15.0 Å². The van der Waals surface area contributed by atoms with Crippen molar-refractivity contribution in [3.8, 4) is 11.5 Å². The number of epoxide rings is 1. The molecule has 6 heteroatoms. The molecule has 2 saturated carbocycles. The Labute approximate surface area is 172 Å². The molecule has 4 rings (SSSR count). The van der Waals surface area contributed by atoms with Crippen LogP contribution >= 0.6 is 0 Å². The van der Waals surface area contributed by atoms with Gasteiger partial charge in [-0.25, -0.2) is 4.79 Å². The van der Waals surface area contributed by atoms with Crippen LogP contribution in [-0.2, 0) is 9.47 Å². The van der Waals surface area contributed by atoms with E-state index in [0.29, 0.717) is 30.4 Å². The standard InChI is InChI=1S/C23H32O6/c1-12(2)19-14-10-23(4)20(29-23)15(14)9-22(3,26)11-18(19)28-21(25)13-6-7-17(27-5)16(24)8-13/h6-8,12,14-15,18-20,24,26H,9-11H2,1-5H3/t14-,15+,18-,19+,20+,22-,23-/m1/s1. The number of carbonyl (C=O) groups is 1. The molecule has 160 valence electrons. The van der Waals surface area contributed by atoms with Crippen LogP contribution in [0.5, 0.6) is 11.5 Å². The first kappa shape index (κ1) is 20.5. The molecule has 1 heterocycles. The molecule has 1 saturated heterocycles. The number of ether oxygens (including phenoxy) is 3. The summed E-state index contributed by atoms with van der Waals surface area (Å²) in [6, 6.07) is 4.50. The number of aliphatic hydroxyl groups is 1.